The van der Waals surface area contributed by atoms with Crippen LogP contribution in [0.4, 0.5) is 0 Å². The van der Waals surface area contributed by atoms with Crippen molar-refractivity contribution in [2.75, 3.05) is 0 Å². The molecule has 0 aliphatic heterocycles. The molecule has 0 aromatic rings. The van der Waals surface area contributed by atoms with Gasteiger partial charge in [-0.1, -0.05) is 26.7 Å². The normalized spacial score (nSPS) is 12.1. The van der Waals surface area contributed by atoms with Gasteiger partial charge in [0.2, 0.25) is 0 Å². The fourth-order valence-electron chi connectivity index (χ4n) is 0.847. The van der Waals surface area contributed by atoms with Crippen molar-refractivity contribution < 1.29 is 4.84 Å². The van der Waals surface area contributed by atoms with Gasteiger partial charge < -0.3 is 4.84 Å². The maximum absolute atomic E-state index is 4.89. The number of hydrogen-bond donors (Lipinski definition) is 1. The summed E-state index contributed by atoms with van der Waals surface area (Å²) in [5, 5.41) is 0. The summed E-state index contributed by atoms with van der Waals surface area (Å²) in [6, 6.07) is 0.399. The highest BCUT2D eigenvalue weighted by molar-refractivity contribution is 4.84. The lowest BCUT2D eigenvalue weighted by atomic mass is 10.0. The monoisotopic (exact) mass is 155 g/mol. The largest absolute Gasteiger partial charge is 0.356 e. The van der Waals surface area contributed by atoms with Crippen molar-refractivity contribution >= 4 is 0 Å². The number of rotatable bonds is 4. The van der Waals surface area contributed by atoms with E-state index in [1.54, 1.807) is 6.92 Å². The lowest BCUT2D eigenvalue weighted by Crippen LogP contribution is -2.31. The fraction of sp³-hybridized carbons (Fsp3) is 0.778. The summed E-state index contributed by atoms with van der Waals surface area (Å²) in [6.45, 7) is 8.19. The zero-order chi connectivity index (χ0) is 8.69. The molecule has 1 N–H and O–H groups in total. The maximum atomic E-state index is 4.89. The molecule has 0 spiro atoms. The standard InChI is InChI=1S/C9H17NO/c1-5-7-11-10-9(6-2)8(3)4/h8-10H,6H2,1-4H3. The molecule has 0 rings (SSSR count). The highest BCUT2D eigenvalue weighted by atomic mass is 16.6. The van der Waals surface area contributed by atoms with E-state index in [-0.39, 0.29) is 0 Å². The van der Waals surface area contributed by atoms with Gasteiger partial charge in [0.05, 0.1) is 0 Å². The molecule has 2 nitrogen and oxygen atoms in total. The van der Waals surface area contributed by atoms with Gasteiger partial charge in [-0.3, -0.25) is 0 Å². The smallest absolute Gasteiger partial charge is 0.137 e. The first-order valence-corrected chi connectivity index (χ1v) is 4.05. The van der Waals surface area contributed by atoms with Crippen molar-refractivity contribution in [3.63, 3.8) is 0 Å². The summed E-state index contributed by atoms with van der Waals surface area (Å²) >= 11 is 0. The van der Waals surface area contributed by atoms with Crippen molar-refractivity contribution in [3.8, 4) is 12.0 Å². The van der Waals surface area contributed by atoms with Crippen molar-refractivity contribution in [1.29, 1.82) is 0 Å². The minimum atomic E-state index is 0.399. The van der Waals surface area contributed by atoms with Crippen LogP contribution in [0.1, 0.15) is 34.1 Å². The van der Waals surface area contributed by atoms with Gasteiger partial charge in [0, 0.05) is 13.0 Å². The molecule has 0 bridgehead atoms. The maximum Gasteiger partial charge on any atom is 0.137 e. The van der Waals surface area contributed by atoms with Crippen LogP contribution in [0, 0.1) is 17.9 Å². The molecular formula is C9H17NO. The minimum Gasteiger partial charge on any atom is -0.356 e. The third kappa shape index (κ3) is 4.69. The molecule has 2 heteroatoms. The summed E-state index contributed by atoms with van der Waals surface area (Å²) in [5.74, 6) is 3.23. The summed E-state index contributed by atoms with van der Waals surface area (Å²) in [6.07, 6.45) is 3.57. The molecule has 11 heavy (non-hydrogen) atoms. The summed E-state index contributed by atoms with van der Waals surface area (Å²) < 4.78 is 0. The van der Waals surface area contributed by atoms with E-state index in [1.165, 1.54) is 0 Å². The molecule has 0 heterocycles. The molecule has 0 aromatic carbocycles. The fourth-order valence-corrected chi connectivity index (χ4v) is 0.847. The van der Waals surface area contributed by atoms with Crippen LogP contribution in [0.5, 0.6) is 0 Å². The van der Waals surface area contributed by atoms with Gasteiger partial charge in [0.25, 0.3) is 0 Å². The van der Waals surface area contributed by atoms with E-state index >= 15 is 0 Å². The lowest BCUT2D eigenvalue weighted by molar-refractivity contribution is 0.0978. The Hall–Kier alpha value is -0.680. The predicted octanol–water partition coefficient (Wildman–Crippen LogP) is 1.92. The van der Waals surface area contributed by atoms with Crippen LogP contribution in [0.25, 0.3) is 0 Å². The molecule has 0 aliphatic rings. The first kappa shape index (κ1) is 10.3. The van der Waals surface area contributed by atoms with Crippen LogP contribution in [0.3, 0.4) is 0 Å². The first-order valence-electron chi connectivity index (χ1n) is 4.05. The van der Waals surface area contributed by atoms with Crippen LogP contribution in [0.2, 0.25) is 0 Å². The van der Waals surface area contributed by atoms with E-state index in [4.69, 9.17) is 4.84 Å². The predicted molar refractivity (Wildman–Crippen MR) is 46.6 cm³/mol. The van der Waals surface area contributed by atoms with Crippen molar-refractivity contribution in [2.24, 2.45) is 5.92 Å². The Morgan fingerprint density at radius 1 is 1.45 bits per heavy atom. The van der Waals surface area contributed by atoms with Crippen LogP contribution < -0.4 is 5.48 Å². The van der Waals surface area contributed by atoms with Crippen molar-refractivity contribution in [1.82, 2.24) is 5.48 Å². The van der Waals surface area contributed by atoms with Gasteiger partial charge in [-0.25, -0.2) is 0 Å². The summed E-state index contributed by atoms with van der Waals surface area (Å²) in [5.41, 5.74) is 2.90. The van der Waals surface area contributed by atoms with Crippen LogP contribution in [-0.4, -0.2) is 6.04 Å². The van der Waals surface area contributed by atoms with Crippen molar-refractivity contribution in [2.45, 2.75) is 40.2 Å². The third-order valence-electron chi connectivity index (χ3n) is 1.61. The van der Waals surface area contributed by atoms with Crippen LogP contribution >= 0.6 is 0 Å². The molecule has 0 amide bonds. The molecule has 0 aromatic heterocycles. The topological polar surface area (TPSA) is 21.3 Å². The first-order chi connectivity index (χ1) is 5.22. The Labute approximate surface area is 69.3 Å². The molecule has 1 unspecified atom stereocenters. The lowest BCUT2D eigenvalue weighted by Gasteiger charge is -2.17. The highest BCUT2D eigenvalue weighted by Crippen LogP contribution is 2.04. The Balaban J connectivity index is 3.58. The van der Waals surface area contributed by atoms with E-state index in [0.29, 0.717) is 12.0 Å². The quantitative estimate of drug-likeness (QED) is 0.494. The van der Waals surface area contributed by atoms with Crippen LogP contribution in [0.15, 0.2) is 0 Å². The summed E-state index contributed by atoms with van der Waals surface area (Å²) in [7, 11) is 0. The van der Waals surface area contributed by atoms with E-state index in [1.807, 2.05) is 0 Å². The Kier molecular flexibility index (Phi) is 5.68. The van der Waals surface area contributed by atoms with E-state index in [0.717, 1.165) is 6.42 Å². The van der Waals surface area contributed by atoms with Gasteiger partial charge in [-0.2, -0.15) is 0 Å². The van der Waals surface area contributed by atoms with E-state index in [2.05, 4.69) is 38.3 Å². The number of nitrogens with one attached hydrogen (secondary N) is 1. The Morgan fingerprint density at radius 3 is 2.45 bits per heavy atom. The number of hydrogen-bond acceptors (Lipinski definition) is 2. The highest BCUT2D eigenvalue weighted by Gasteiger charge is 2.09. The van der Waals surface area contributed by atoms with E-state index < -0.39 is 0 Å². The Bertz CT molecular complexity index is 143. The van der Waals surface area contributed by atoms with Gasteiger partial charge in [0.1, 0.15) is 6.11 Å². The molecule has 0 saturated heterocycles. The SMILES string of the molecule is CC#CONC(CC)C(C)C. The second-order valence-electron chi connectivity index (χ2n) is 2.83. The average Bonchev–Trinajstić information content (AvgIpc) is 1.97. The minimum absolute atomic E-state index is 0.399. The zero-order valence-electron chi connectivity index (χ0n) is 7.77. The molecular weight excluding hydrogens is 138 g/mol. The molecule has 0 radical (unpaired) electrons. The van der Waals surface area contributed by atoms with Crippen LogP contribution in [-0.2, 0) is 4.84 Å². The third-order valence-corrected chi connectivity index (χ3v) is 1.61. The average molecular weight is 155 g/mol. The number of hydroxylamine groups is 1. The molecule has 64 valence electrons. The second kappa shape index (κ2) is 6.06. The summed E-state index contributed by atoms with van der Waals surface area (Å²) in [4.78, 5) is 4.89. The zero-order valence-corrected chi connectivity index (χ0v) is 7.77. The van der Waals surface area contributed by atoms with Gasteiger partial charge in [-0.15, -0.1) is 5.48 Å². The van der Waals surface area contributed by atoms with Gasteiger partial charge in [-0.05, 0) is 12.3 Å². The molecule has 0 fully saturated rings. The van der Waals surface area contributed by atoms with E-state index in [9.17, 15) is 0 Å². The molecule has 0 aliphatic carbocycles. The van der Waals surface area contributed by atoms with Crippen molar-refractivity contribution in [3.05, 3.63) is 0 Å². The van der Waals surface area contributed by atoms with Gasteiger partial charge in [0.15, 0.2) is 0 Å². The van der Waals surface area contributed by atoms with Gasteiger partial charge >= 0.3 is 0 Å². The Morgan fingerprint density at radius 2 is 2.09 bits per heavy atom. The second-order valence-corrected chi connectivity index (χ2v) is 2.83. The molecule has 0 saturated carbocycles. The molecule has 1 atom stereocenters.